The number of halogens is 1. The summed E-state index contributed by atoms with van der Waals surface area (Å²) >= 11 is 5.40. The fourth-order valence-electron chi connectivity index (χ4n) is 4.60. The second-order valence-corrected chi connectivity index (χ2v) is 13.9. The Kier molecular flexibility index (Phi) is 7.90. The van der Waals surface area contributed by atoms with Crippen LogP contribution >= 0.6 is 11.6 Å². The van der Waals surface area contributed by atoms with Crippen LogP contribution in [-0.2, 0) is 26.4 Å². The number of rotatable bonds is 7. The van der Waals surface area contributed by atoms with Gasteiger partial charge in [-0.15, -0.1) is 4.72 Å². The topological polar surface area (TPSA) is 61.4 Å². The first-order valence-corrected chi connectivity index (χ1v) is 12.6. The lowest BCUT2D eigenvalue weighted by atomic mass is 9.74. The molecule has 1 aromatic rings. The van der Waals surface area contributed by atoms with E-state index in [1.54, 1.807) is 0 Å². The smallest absolute Gasteiger partial charge is 0.311 e. The molecule has 2 rings (SSSR count). The normalized spacial score (nSPS) is 23.3. The first-order valence-electron chi connectivity index (χ1n) is 11.1. The van der Waals surface area contributed by atoms with Gasteiger partial charge in [0.1, 0.15) is 4.75 Å². The molecule has 1 saturated carbocycles. The highest BCUT2D eigenvalue weighted by atomic mass is 35.5. The Hall–Kier alpha value is -0.750. The molecule has 4 nitrogen and oxygen atoms in total. The molecule has 0 bridgehead atoms. The van der Waals surface area contributed by atoms with Crippen molar-refractivity contribution >= 4 is 28.9 Å². The summed E-state index contributed by atoms with van der Waals surface area (Å²) in [6.45, 7) is 18.4. The zero-order chi connectivity index (χ0) is 23.9. The van der Waals surface area contributed by atoms with E-state index in [9.17, 15) is 9.35 Å². The second-order valence-electron chi connectivity index (χ2n) is 11.5. The van der Waals surface area contributed by atoms with Gasteiger partial charge >= 0.3 is 5.97 Å². The molecule has 5 atom stereocenters. The monoisotopic (exact) mass is 469 g/mol. The maximum absolute atomic E-state index is 13.1. The van der Waals surface area contributed by atoms with E-state index in [0.29, 0.717) is 16.9 Å². The molecule has 0 amide bonds. The quantitative estimate of drug-likeness (QED) is 0.381. The van der Waals surface area contributed by atoms with Gasteiger partial charge in [0.25, 0.3) is 0 Å². The molecule has 0 saturated heterocycles. The summed E-state index contributed by atoms with van der Waals surface area (Å²) in [5, 5.41) is 0.705. The molecule has 1 aliphatic carbocycles. The van der Waals surface area contributed by atoms with Crippen LogP contribution in [-0.4, -0.2) is 22.4 Å². The molecule has 0 spiro atoms. The van der Waals surface area contributed by atoms with Gasteiger partial charge in [-0.25, -0.2) is 0 Å². The first kappa shape index (κ1) is 26.5. The van der Waals surface area contributed by atoms with Crippen molar-refractivity contribution in [3.8, 4) is 0 Å². The van der Waals surface area contributed by atoms with Crippen LogP contribution < -0.4 is 4.72 Å². The molecular weight excluding hydrogens is 430 g/mol. The maximum atomic E-state index is 13.1. The molecule has 31 heavy (non-hydrogen) atoms. The van der Waals surface area contributed by atoms with Crippen LogP contribution in [0.2, 0.25) is 5.02 Å². The Morgan fingerprint density at radius 1 is 1.19 bits per heavy atom. The van der Waals surface area contributed by atoms with Crippen LogP contribution in [0.5, 0.6) is 0 Å². The first-order chi connectivity index (χ1) is 14.0. The van der Waals surface area contributed by atoms with E-state index in [4.69, 9.17) is 16.3 Å². The van der Waals surface area contributed by atoms with Gasteiger partial charge in [0.15, 0.2) is 0 Å². The molecule has 1 aromatic carbocycles. The van der Waals surface area contributed by atoms with Crippen molar-refractivity contribution in [3.05, 3.63) is 34.3 Å². The van der Waals surface area contributed by atoms with Gasteiger partial charge in [0, 0.05) is 16.4 Å². The third-order valence-electron chi connectivity index (χ3n) is 6.51. The Balaban J connectivity index is 2.51. The lowest BCUT2D eigenvalue weighted by Gasteiger charge is -2.41. The molecule has 1 fully saturated rings. The lowest BCUT2D eigenvalue weighted by molar-refractivity contribution is -0.150. The SMILES string of the molecule is COC(=O)C(C(C)C)[C@@](C)(N[S+]([O-])C(C)(C)C)c1ccc([C@@H]2C[C@H]2C(C)(C)C)c(Cl)c1. The number of carbonyl (C=O) groups excluding carboxylic acids is 1. The van der Waals surface area contributed by atoms with E-state index in [1.807, 2.05) is 53.7 Å². The minimum Gasteiger partial charge on any atom is -0.598 e. The molecule has 0 radical (unpaired) electrons. The fourth-order valence-corrected chi connectivity index (χ4v) is 5.85. The average Bonchev–Trinajstić information content (AvgIpc) is 3.41. The number of hydrogen-bond donors (Lipinski definition) is 1. The molecular formula is C25H40ClNO3S. The minimum atomic E-state index is -1.39. The number of hydrogen-bond acceptors (Lipinski definition) is 4. The van der Waals surface area contributed by atoms with Gasteiger partial charge in [0.2, 0.25) is 0 Å². The largest absolute Gasteiger partial charge is 0.598 e. The van der Waals surface area contributed by atoms with Crippen LogP contribution in [0.1, 0.15) is 85.8 Å². The summed E-state index contributed by atoms with van der Waals surface area (Å²) in [5.41, 5.74) is 1.34. The molecule has 0 aliphatic heterocycles. The number of methoxy groups -OCH3 is 1. The Labute approximate surface area is 197 Å². The fraction of sp³-hybridized carbons (Fsp3) is 0.720. The number of esters is 1. The van der Waals surface area contributed by atoms with Crippen molar-refractivity contribution in [2.75, 3.05) is 7.11 Å². The predicted molar refractivity (Wildman–Crippen MR) is 130 cm³/mol. The van der Waals surface area contributed by atoms with Crippen LogP contribution in [0.4, 0.5) is 0 Å². The van der Waals surface area contributed by atoms with Gasteiger partial charge in [-0.3, -0.25) is 4.79 Å². The zero-order valence-electron chi connectivity index (χ0n) is 20.8. The van der Waals surface area contributed by atoms with E-state index < -0.39 is 27.6 Å². The van der Waals surface area contributed by atoms with E-state index in [-0.39, 0.29) is 17.3 Å². The summed E-state index contributed by atoms with van der Waals surface area (Å²) < 4.78 is 21.1. The minimum absolute atomic E-state index is 0.0333. The van der Waals surface area contributed by atoms with E-state index in [0.717, 1.165) is 17.5 Å². The molecule has 6 heteroatoms. The van der Waals surface area contributed by atoms with E-state index in [2.05, 4.69) is 31.6 Å². The summed E-state index contributed by atoms with van der Waals surface area (Å²) in [6.07, 6.45) is 1.14. The third kappa shape index (κ3) is 5.79. The van der Waals surface area contributed by atoms with Crippen LogP contribution in [0, 0.1) is 23.2 Å². The average molecular weight is 470 g/mol. The highest BCUT2D eigenvalue weighted by molar-refractivity contribution is 7.90. The highest BCUT2D eigenvalue weighted by Crippen LogP contribution is 2.58. The van der Waals surface area contributed by atoms with Crippen LogP contribution in [0.3, 0.4) is 0 Å². The van der Waals surface area contributed by atoms with Crippen molar-refractivity contribution < 1.29 is 14.1 Å². The molecule has 2 unspecified atom stereocenters. The van der Waals surface area contributed by atoms with Gasteiger partial charge in [0.05, 0.1) is 18.6 Å². The van der Waals surface area contributed by atoms with E-state index in [1.165, 1.54) is 7.11 Å². The van der Waals surface area contributed by atoms with Gasteiger partial charge < -0.3 is 9.29 Å². The van der Waals surface area contributed by atoms with Crippen LogP contribution in [0.15, 0.2) is 18.2 Å². The van der Waals surface area contributed by atoms with Gasteiger partial charge in [-0.2, -0.15) is 0 Å². The number of benzene rings is 1. The molecule has 0 heterocycles. The highest BCUT2D eigenvalue weighted by Gasteiger charge is 2.50. The summed E-state index contributed by atoms with van der Waals surface area (Å²) in [7, 11) is 1.40. The van der Waals surface area contributed by atoms with Gasteiger partial charge in [-0.05, 0) is 74.5 Å². The lowest BCUT2D eigenvalue weighted by Crippen LogP contribution is -2.56. The summed E-state index contributed by atoms with van der Waals surface area (Å²) in [5.74, 6) is 0.187. The Morgan fingerprint density at radius 2 is 1.77 bits per heavy atom. The van der Waals surface area contributed by atoms with Crippen molar-refractivity contribution in [2.24, 2.45) is 23.2 Å². The maximum Gasteiger partial charge on any atom is 0.311 e. The number of nitrogens with one attached hydrogen (secondary N) is 1. The van der Waals surface area contributed by atoms with Gasteiger partial charge in [-0.1, -0.05) is 58.4 Å². The standard InChI is InChI=1S/C25H40ClNO3S/c1-15(2)21(22(28)30-10)25(9,27-31(29)24(6,7)8)16-11-12-17(20(26)13-16)18-14-19(18)23(3,4)5/h11-13,15,18-19,21,27H,14H2,1-10H3/t18-,19+,21?,25-,31?/m0/s1. The summed E-state index contributed by atoms with van der Waals surface area (Å²) in [4.78, 5) is 12.8. The Bertz CT molecular complexity index is 799. The third-order valence-corrected chi connectivity index (χ3v) is 8.56. The van der Waals surface area contributed by atoms with Crippen LogP contribution in [0.25, 0.3) is 0 Å². The molecule has 1 aliphatic rings. The number of ether oxygens (including phenoxy) is 1. The summed E-state index contributed by atoms with van der Waals surface area (Å²) in [6, 6.07) is 6.06. The number of carbonyl (C=O) groups is 1. The molecule has 1 N–H and O–H groups in total. The van der Waals surface area contributed by atoms with Crippen molar-refractivity contribution in [3.63, 3.8) is 0 Å². The Morgan fingerprint density at radius 3 is 2.16 bits per heavy atom. The van der Waals surface area contributed by atoms with E-state index >= 15 is 0 Å². The second kappa shape index (κ2) is 9.24. The van der Waals surface area contributed by atoms with Crippen molar-refractivity contribution in [2.45, 2.75) is 84.9 Å². The molecule has 176 valence electrons. The van der Waals surface area contributed by atoms with Crippen molar-refractivity contribution in [1.29, 1.82) is 0 Å². The molecule has 0 aromatic heterocycles. The predicted octanol–water partition coefficient (Wildman–Crippen LogP) is 6.20. The zero-order valence-corrected chi connectivity index (χ0v) is 22.3. The van der Waals surface area contributed by atoms with Crippen molar-refractivity contribution in [1.82, 2.24) is 4.72 Å².